The summed E-state index contributed by atoms with van der Waals surface area (Å²) in [6, 6.07) is 2.33. The van der Waals surface area contributed by atoms with E-state index >= 15 is 0 Å². The van der Waals surface area contributed by atoms with Gasteiger partial charge in [-0.05, 0) is 0 Å². The van der Waals surface area contributed by atoms with Gasteiger partial charge in [0.2, 0.25) is 0 Å². The van der Waals surface area contributed by atoms with Crippen LogP contribution in [-0.2, 0) is 9.53 Å². The average Bonchev–Trinajstić information content (AvgIpc) is 2.58. The van der Waals surface area contributed by atoms with Crippen molar-refractivity contribution in [2.75, 3.05) is 0 Å². The lowest BCUT2D eigenvalue weighted by Gasteiger charge is -2.18. The van der Waals surface area contributed by atoms with E-state index in [1.54, 1.807) is 17.0 Å². The third kappa shape index (κ3) is 2.44. The minimum atomic E-state index is -1.11. The van der Waals surface area contributed by atoms with Crippen LogP contribution >= 0.6 is 0 Å². The lowest BCUT2D eigenvalue weighted by Crippen LogP contribution is -2.33. The molecule has 4 unspecified atom stereocenters. The number of pyridine rings is 1. The molecule has 0 aromatic carbocycles. The second-order valence-electron chi connectivity index (χ2n) is 4.41. The smallest absolute Gasteiger partial charge is 0.302 e. The Hall–Kier alpha value is -1.66. The molecular weight excluding hydrogens is 238 g/mol. The molecule has 6 nitrogen and oxygen atoms in total. The van der Waals surface area contributed by atoms with Crippen molar-refractivity contribution in [2.45, 2.75) is 37.7 Å². The third-order valence-electron chi connectivity index (χ3n) is 3.12. The summed E-state index contributed by atoms with van der Waals surface area (Å²) in [5, 5.41) is 19.7. The predicted molar refractivity (Wildman–Crippen MR) is 61.9 cm³/mol. The Balaban J connectivity index is 2.17. The summed E-state index contributed by atoms with van der Waals surface area (Å²) in [7, 11) is 0. The average molecular weight is 253 g/mol. The maximum Gasteiger partial charge on any atom is 0.302 e. The van der Waals surface area contributed by atoms with Gasteiger partial charge in [-0.3, -0.25) is 9.59 Å². The molecule has 1 aliphatic carbocycles. The number of rotatable bonds is 2. The number of hydrogen-bond donors (Lipinski definition) is 2. The molecule has 0 bridgehead atoms. The second-order valence-corrected chi connectivity index (χ2v) is 4.41. The van der Waals surface area contributed by atoms with E-state index in [0.29, 0.717) is 6.42 Å². The first-order chi connectivity index (χ1) is 8.49. The van der Waals surface area contributed by atoms with Crippen LogP contribution in [0.15, 0.2) is 29.3 Å². The van der Waals surface area contributed by atoms with E-state index in [4.69, 9.17) is 4.74 Å². The van der Waals surface area contributed by atoms with Crippen LogP contribution in [0.25, 0.3) is 0 Å². The molecule has 2 rings (SSSR count). The van der Waals surface area contributed by atoms with Gasteiger partial charge in [-0.15, -0.1) is 0 Å². The molecule has 1 fully saturated rings. The first kappa shape index (κ1) is 12.8. The molecule has 6 heteroatoms. The maximum absolute atomic E-state index is 11.0. The summed E-state index contributed by atoms with van der Waals surface area (Å²) in [5.74, 6) is -0.494. The fourth-order valence-corrected chi connectivity index (χ4v) is 2.24. The highest BCUT2D eigenvalue weighted by molar-refractivity contribution is 5.66. The highest BCUT2D eigenvalue weighted by atomic mass is 16.6. The standard InChI is InChI=1S/C12H15NO5/c1-7(14)18-10-6-9(11(16)12(10)17)13-4-2-8(15)3-5-13/h2-5,9-12,16-17H,6H2,1H3. The van der Waals surface area contributed by atoms with Crippen molar-refractivity contribution in [3.8, 4) is 0 Å². The Morgan fingerprint density at radius 2 is 1.94 bits per heavy atom. The molecule has 0 spiro atoms. The van der Waals surface area contributed by atoms with Crippen LogP contribution in [0, 0.1) is 0 Å². The molecule has 0 radical (unpaired) electrons. The Labute approximate surface area is 103 Å². The molecule has 98 valence electrons. The quantitative estimate of drug-likeness (QED) is 0.690. The first-order valence-corrected chi connectivity index (χ1v) is 5.70. The summed E-state index contributed by atoms with van der Waals surface area (Å²) >= 11 is 0. The number of aliphatic hydroxyl groups is 2. The lowest BCUT2D eigenvalue weighted by molar-refractivity contribution is -0.152. The van der Waals surface area contributed by atoms with E-state index < -0.39 is 30.3 Å². The topological polar surface area (TPSA) is 88.8 Å². The SMILES string of the molecule is CC(=O)OC1CC(n2ccc(=O)cc2)C(O)C1O. The molecule has 4 atom stereocenters. The number of ether oxygens (including phenoxy) is 1. The van der Waals surface area contributed by atoms with Crippen LogP contribution in [0.2, 0.25) is 0 Å². The summed E-state index contributed by atoms with van der Waals surface area (Å²) in [5.41, 5.74) is -0.129. The summed E-state index contributed by atoms with van der Waals surface area (Å²) in [6.07, 6.45) is 0.528. The number of nitrogens with zero attached hydrogens (tertiary/aromatic N) is 1. The zero-order valence-electron chi connectivity index (χ0n) is 9.89. The zero-order chi connectivity index (χ0) is 13.3. The van der Waals surface area contributed by atoms with E-state index in [1.165, 1.54) is 19.1 Å². The zero-order valence-corrected chi connectivity index (χ0v) is 9.89. The van der Waals surface area contributed by atoms with Crippen LogP contribution in [-0.4, -0.2) is 39.1 Å². The molecule has 0 aliphatic heterocycles. The van der Waals surface area contributed by atoms with E-state index in [9.17, 15) is 19.8 Å². The summed E-state index contributed by atoms with van der Waals surface area (Å²) in [6.45, 7) is 1.26. The molecule has 1 heterocycles. The van der Waals surface area contributed by atoms with Crippen molar-refractivity contribution in [3.05, 3.63) is 34.7 Å². The normalized spacial score (nSPS) is 31.3. The van der Waals surface area contributed by atoms with Crippen molar-refractivity contribution in [2.24, 2.45) is 0 Å². The van der Waals surface area contributed by atoms with Gasteiger partial charge in [-0.1, -0.05) is 0 Å². The molecule has 1 saturated carbocycles. The van der Waals surface area contributed by atoms with Gasteiger partial charge in [0.25, 0.3) is 0 Å². The van der Waals surface area contributed by atoms with Crippen molar-refractivity contribution in [3.63, 3.8) is 0 Å². The minimum absolute atomic E-state index is 0.129. The molecule has 2 N–H and O–H groups in total. The van der Waals surface area contributed by atoms with Crippen molar-refractivity contribution < 1.29 is 19.7 Å². The lowest BCUT2D eigenvalue weighted by atomic mass is 10.2. The number of esters is 1. The highest BCUT2D eigenvalue weighted by Gasteiger charge is 2.43. The second kappa shape index (κ2) is 4.91. The van der Waals surface area contributed by atoms with Crippen molar-refractivity contribution >= 4 is 5.97 Å². The molecule has 1 aliphatic rings. The fourth-order valence-electron chi connectivity index (χ4n) is 2.24. The van der Waals surface area contributed by atoms with Gasteiger partial charge < -0.3 is 19.5 Å². The van der Waals surface area contributed by atoms with E-state index in [0.717, 1.165) is 0 Å². The maximum atomic E-state index is 11.0. The fraction of sp³-hybridized carbons (Fsp3) is 0.500. The van der Waals surface area contributed by atoms with Crippen molar-refractivity contribution in [1.82, 2.24) is 4.57 Å². The number of carbonyl (C=O) groups excluding carboxylic acids is 1. The van der Waals surface area contributed by atoms with Gasteiger partial charge in [-0.2, -0.15) is 0 Å². The van der Waals surface area contributed by atoms with Crippen LogP contribution in [0.5, 0.6) is 0 Å². The van der Waals surface area contributed by atoms with Crippen LogP contribution in [0.4, 0.5) is 0 Å². The first-order valence-electron chi connectivity index (χ1n) is 5.70. The van der Waals surface area contributed by atoms with Crippen LogP contribution < -0.4 is 5.43 Å². The Morgan fingerprint density at radius 3 is 2.50 bits per heavy atom. The van der Waals surface area contributed by atoms with E-state index in [2.05, 4.69) is 0 Å². The van der Waals surface area contributed by atoms with E-state index in [-0.39, 0.29) is 5.43 Å². The summed E-state index contributed by atoms with van der Waals surface area (Å²) < 4.78 is 6.58. The minimum Gasteiger partial charge on any atom is -0.460 e. The Kier molecular flexibility index (Phi) is 3.49. The molecule has 18 heavy (non-hydrogen) atoms. The molecule has 0 saturated heterocycles. The Morgan fingerprint density at radius 1 is 1.33 bits per heavy atom. The Bertz CT molecular complexity index is 477. The number of aliphatic hydroxyl groups excluding tert-OH is 2. The van der Waals surface area contributed by atoms with Gasteiger partial charge in [0, 0.05) is 37.9 Å². The van der Waals surface area contributed by atoms with Crippen LogP contribution in [0.3, 0.4) is 0 Å². The van der Waals surface area contributed by atoms with Gasteiger partial charge in [-0.25, -0.2) is 0 Å². The van der Waals surface area contributed by atoms with Gasteiger partial charge in [0.1, 0.15) is 18.3 Å². The number of hydrogen-bond acceptors (Lipinski definition) is 5. The highest BCUT2D eigenvalue weighted by Crippen LogP contribution is 2.32. The molecule has 0 amide bonds. The van der Waals surface area contributed by atoms with Crippen molar-refractivity contribution in [1.29, 1.82) is 0 Å². The predicted octanol–water partition coefficient (Wildman–Crippen LogP) is -0.553. The van der Waals surface area contributed by atoms with Crippen LogP contribution in [0.1, 0.15) is 19.4 Å². The van der Waals surface area contributed by atoms with Gasteiger partial charge >= 0.3 is 5.97 Å². The van der Waals surface area contributed by atoms with Gasteiger partial charge in [0.15, 0.2) is 5.43 Å². The molecular formula is C12H15NO5. The monoisotopic (exact) mass is 253 g/mol. The largest absolute Gasteiger partial charge is 0.460 e. The number of carbonyl (C=O) groups is 1. The van der Waals surface area contributed by atoms with E-state index in [1.807, 2.05) is 0 Å². The molecule has 1 aromatic rings. The number of aromatic nitrogens is 1. The van der Waals surface area contributed by atoms with Gasteiger partial charge in [0.05, 0.1) is 6.04 Å². The summed E-state index contributed by atoms with van der Waals surface area (Å²) in [4.78, 5) is 21.9. The molecule has 1 aromatic heterocycles. The third-order valence-corrected chi connectivity index (χ3v) is 3.12.